The van der Waals surface area contributed by atoms with Gasteiger partial charge in [0.1, 0.15) is 6.33 Å². The number of H-pyrrole nitrogens is 1. The van der Waals surface area contributed by atoms with Crippen molar-refractivity contribution >= 4 is 34.1 Å². The summed E-state index contributed by atoms with van der Waals surface area (Å²) in [5.74, 6) is 0.921. The van der Waals surface area contributed by atoms with Crippen LogP contribution in [0.25, 0.3) is 27.8 Å². The fraction of sp³-hybridized carbons (Fsp3) is 0.423. The quantitative estimate of drug-likeness (QED) is 0.428. The summed E-state index contributed by atoms with van der Waals surface area (Å²) in [6.07, 6.45) is 5.68. The maximum absolute atomic E-state index is 11.7. The van der Waals surface area contributed by atoms with Crippen LogP contribution in [0, 0.1) is 6.92 Å². The Morgan fingerprint density at radius 3 is 2.76 bits per heavy atom. The molecule has 4 aromatic rings. The number of rotatable bonds is 5. The van der Waals surface area contributed by atoms with Crippen LogP contribution in [0.1, 0.15) is 55.2 Å². The van der Waals surface area contributed by atoms with E-state index in [0.717, 1.165) is 48.3 Å². The molecule has 1 aliphatic heterocycles. The van der Waals surface area contributed by atoms with Gasteiger partial charge >= 0.3 is 0 Å². The van der Waals surface area contributed by atoms with Crippen molar-refractivity contribution in [3.63, 3.8) is 0 Å². The topological polar surface area (TPSA) is 78.3 Å². The highest BCUT2D eigenvalue weighted by atomic mass is 35.5. The number of hydrogen-bond acceptors (Lipinski definition) is 4. The van der Waals surface area contributed by atoms with Gasteiger partial charge in [0, 0.05) is 29.7 Å². The number of piperidine rings is 1. The smallest absolute Gasteiger partial charge is 0.233 e. The molecule has 1 saturated heterocycles. The summed E-state index contributed by atoms with van der Waals surface area (Å²) >= 11 is 6.67. The number of carbonyl (C=O) groups excluding carboxylic acids is 1. The molecular weight excluding hydrogens is 448 g/mol. The fourth-order valence-electron chi connectivity index (χ4n) is 5.26. The third-order valence-electron chi connectivity index (χ3n) is 7.17. The van der Waals surface area contributed by atoms with Crippen LogP contribution in [-0.2, 0) is 4.79 Å². The number of likely N-dealkylation sites (tertiary alicyclic amines) is 1. The summed E-state index contributed by atoms with van der Waals surface area (Å²) in [5.41, 5.74) is 7.63. The molecule has 0 spiro atoms. The Morgan fingerprint density at radius 2 is 2.06 bits per heavy atom. The van der Waals surface area contributed by atoms with Crippen LogP contribution >= 0.6 is 11.6 Å². The molecule has 7 nitrogen and oxygen atoms in total. The summed E-state index contributed by atoms with van der Waals surface area (Å²) < 4.78 is 1.75. The molecule has 0 aliphatic carbocycles. The Labute approximate surface area is 204 Å². The molecular formula is C26H31ClN6O. The number of aromatic amines is 1. The second-order valence-electron chi connectivity index (χ2n) is 9.61. The first kappa shape index (κ1) is 22.9. The molecule has 4 heterocycles. The Kier molecular flexibility index (Phi) is 6.08. The lowest BCUT2D eigenvalue weighted by Gasteiger charge is -2.31. The van der Waals surface area contributed by atoms with Gasteiger partial charge in [-0.05, 0) is 73.5 Å². The van der Waals surface area contributed by atoms with E-state index in [1.54, 1.807) is 11.6 Å². The molecule has 1 aromatic carbocycles. The lowest BCUT2D eigenvalue weighted by Crippen LogP contribution is -2.40. The monoisotopic (exact) mass is 478 g/mol. The molecule has 5 rings (SSSR count). The summed E-state index contributed by atoms with van der Waals surface area (Å²) in [6.45, 7) is 8.89. The maximum atomic E-state index is 11.7. The van der Waals surface area contributed by atoms with Crippen LogP contribution in [0.3, 0.4) is 0 Å². The number of nitrogens with one attached hydrogen (secondary N) is 2. The summed E-state index contributed by atoms with van der Waals surface area (Å²) in [4.78, 5) is 21.9. The van der Waals surface area contributed by atoms with Gasteiger partial charge in [-0.25, -0.2) is 9.50 Å². The molecule has 1 fully saturated rings. The Hall–Kier alpha value is -2.90. The normalized spacial score (nSPS) is 15.6. The van der Waals surface area contributed by atoms with Gasteiger partial charge in [-0.2, -0.15) is 5.10 Å². The number of carbonyl (C=O) groups is 1. The number of pyridine rings is 1. The first-order valence-corrected chi connectivity index (χ1v) is 12.3. The fourth-order valence-corrected chi connectivity index (χ4v) is 5.50. The van der Waals surface area contributed by atoms with Crippen molar-refractivity contribution in [3.8, 4) is 11.3 Å². The Morgan fingerprint density at radius 1 is 1.29 bits per heavy atom. The van der Waals surface area contributed by atoms with Gasteiger partial charge in [-0.3, -0.25) is 9.69 Å². The second-order valence-corrected chi connectivity index (χ2v) is 9.98. The molecule has 0 atom stereocenters. The standard InChI is InChI=1S/C26H31ClN6O/c1-15(2)23-19-11-18(17-7-9-32(10-8-17)13-22(34)28-4)5-6-21(19)31-25(23)20-12-33-26(29-14-30-33)24(27)16(20)3/h5-6,11-12,14-15,17,31H,7-10,13H2,1-4H3,(H,28,34). The lowest BCUT2D eigenvalue weighted by atomic mass is 9.87. The minimum atomic E-state index is 0.0841. The van der Waals surface area contributed by atoms with E-state index in [4.69, 9.17) is 11.6 Å². The molecule has 178 valence electrons. The lowest BCUT2D eigenvalue weighted by molar-refractivity contribution is -0.122. The number of fused-ring (bicyclic) bond motifs is 2. The van der Waals surface area contributed by atoms with Gasteiger partial charge in [0.15, 0.2) is 5.65 Å². The number of aromatic nitrogens is 4. The zero-order valence-corrected chi connectivity index (χ0v) is 20.9. The number of amides is 1. The van der Waals surface area contributed by atoms with Crippen molar-refractivity contribution in [1.29, 1.82) is 0 Å². The predicted molar refractivity (Wildman–Crippen MR) is 137 cm³/mol. The average molecular weight is 479 g/mol. The van der Waals surface area contributed by atoms with Crippen molar-refractivity contribution in [2.75, 3.05) is 26.7 Å². The highest BCUT2D eigenvalue weighted by Crippen LogP contribution is 2.40. The number of likely N-dealkylation sites (N-methyl/N-ethyl adjacent to an activating group) is 1. The molecule has 8 heteroatoms. The van der Waals surface area contributed by atoms with E-state index in [9.17, 15) is 4.79 Å². The van der Waals surface area contributed by atoms with Crippen LogP contribution in [0.5, 0.6) is 0 Å². The van der Waals surface area contributed by atoms with E-state index >= 15 is 0 Å². The molecule has 3 aromatic heterocycles. The first-order valence-electron chi connectivity index (χ1n) is 11.9. The highest BCUT2D eigenvalue weighted by Gasteiger charge is 2.24. The molecule has 0 radical (unpaired) electrons. The van der Waals surface area contributed by atoms with Crippen LogP contribution in [0.4, 0.5) is 0 Å². The number of benzene rings is 1. The van der Waals surface area contributed by atoms with Gasteiger partial charge in [-0.1, -0.05) is 31.5 Å². The van der Waals surface area contributed by atoms with Crippen molar-refractivity contribution in [2.45, 2.75) is 45.4 Å². The van der Waals surface area contributed by atoms with Crippen LogP contribution in [-0.4, -0.2) is 57.1 Å². The molecule has 34 heavy (non-hydrogen) atoms. The van der Waals surface area contributed by atoms with Gasteiger partial charge in [0.05, 0.1) is 17.3 Å². The zero-order chi connectivity index (χ0) is 24.0. The first-order chi connectivity index (χ1) is 16.4. The van der Waals surface area contributed by atoms with E-state index in [-0.39, 0.29) is 5.91 Å². The van der Waals surface area contributed by atoms with Crippen LogP contribution in [0.2, 0.25) is 5.02 Å². The second kappa shape index (κ2) is 9.04. The van der Waals surface area contributed by atoms with Gasteiger partial charge in [-0.15, -0.1) is 0 Å². The molecule has 0 bridgehead atoms. The minimum absolute atomic E-state index is 0.0841. The largest absolute Gasteiger partial charge is 0.358 e. The van der Waals surface area contributed by atoms with Crippen LogP contribution in [0.15, 0.2) is 30.7 Å². The van der Waals surface area contributed by atoms with Crippen LogP contribution < -0.4 is 5.32 Å². The SMILES string of the molecule is CNC(=O)CN1CCC(c2ccc3[nH]c(-c4cn5ncnc5c(Cl)c4C)c(C(C)C)c3c2)CC1. The molecule has 1 aliphatic rings. The Bertz CT molecular complexity index is 1360. The zero-order valence-electron chi connectivity index (χ0n) is 20.2. The van der Waals surface area contributed by atoms with E-state index in [1.807, 2.05) is 13.1 Å². The highest BCUT2D eigenvalue weighted by molar-refractivity contribution is 6.34. The molecule has 0 saturated carbocycles. The van der Waals surface area contributed by atoms with Crippen molar-refractivity contribution in [3.05, 3.63) is 52.4 Å². The minimum Gasteiger partial charge on any atom is -0.358 e. The number of hydrogen-bond donors (Lipinski definition) is 2. The summed E-state index contributed by atoms with van der Waals surface area (Å²) in [7, 11) is 1.70. The predicted octanol–water partition coefficient (Wildman–Crippen LogP) is 4.89. The molecule has 1 amide bonds. The van der Waals surface area contributed by atoms with Gasteiger partial charge in [0.2, 0.25) is 5.91 Å². The average Bonchev–Trinajstić information content (AvgIpc) is 3.46. The van der Waals surface area contributed by atoms with E-state index in [2.05, 4.69) is 57.3 Å². The third-order valence-corrected chi connectivity index (χ3v) is 7.62. The van der Waals surface area contributed by atoms with Crippen molar-refractivity contribution in [2.24, 2.45) is 0 Å². The number of nitrogens with zero attached hydrogens (tertiary/aromatic N) is 4. The van der Waals surface area contributed by atoms with Gasteiger partial charge in [0.25, 0.3) is 0 Å². The van der Waals surface area contributed by atoms with Crippen molar-refractivity contribution < 1.29 is 4.79 Å². The third kappa shape index (κ3) is 3.97. The molecule has 0 unspecified atom stereocenters. The van der Waals surface area contributed by atoms with E-state index < -0.39 is 0 Å². The van der Waals surface area contributed by atoms with Gasteiger partial charge < -0.3 is 10.3 Å². The maximum Gasteiger partial charge on any atom is 0.233 e. The summed E-state index contributed by atoms with van der Waals surface area (Å²) in [6, 6.07) is 6.84. The number of halogens is 1. The van der Waals surface area contributed by atoms with E-state index in [0.29, 0.717) is 29.1 Å². The van der Waals surface area contributed by atoms with E-state index in [1.165, 1.54) is 22.8 Å². The Balaban J connectivity index is 1.52. The van der Waals surface area contributed by atoms with Crippen molar-refractivity contribution in [1.82, 2.24) is 29.8 Å². The summed E-state index contributed by atoms with van der Waals surface area (Å²) in [5, 5.41) is 8.94. The molecule has 2 N–H and O–H groups in total.